The first kappa shape index (κ1) is 22.9. The molecule has 6 nitrogen and oxygen atoms in total. The minimum Gasteiger partial charge on any atom is -0.481 e. The second-order valence-electron chi connectivity index (χ2n) is 5.35. The van der Waals surface area contributed by atoms with E-state index in [0.29, 0.717) is 17.5 Å². The second kappa shape index (κ2) is 10.9. The van der Waals surface area contributed by atoms with E-state index in [0.717, 1.165) is 24.2 Å². The van der Waals surface area contributed by atoms with E-state index in [9.17, 15) is 17.6 Å². The molecule has 0 saturated carbocycles. The topological polar surface area (TPSA) is 94.0 Å². The molecule has 3 N–H and O–H groups in total. The van der Waals surface area contributed by atoms with Gasteiger partial charge in [0.25, 0.3) is 5.97 Å². The van der Waals surface area contributed by atoms with Crippen molar-refractivity contribution in [1.29, 1.82) is 0 Å². The quantitative estimate of drug-likeness (QED) is 0.514. The standard InChI is InChI=1S/C14H16F4N4S.C2H4O2/c15-12(16)14(17,18)6-7-23-13-21-20-11(8-19)22(13)9-10-4-2-1-3-5-10;1-2(3)4/h1-5,12H,6-9,19H2;1H3,(H,3,4). The van der Waals surface area contributed by atoms with Crippen molar-refractivity contribution in [2.45, 2.75) is 43.9 Å². The van der Waals surface area contributed by atoms with Gasteiger partial charge in [-0.2, -0.15) is 0 Å². The summed E-state index contributed by atoms with van der Waals surface area (Å²) < 4.78 is 51.9. The highest BCUT2D eigenvalue weighted by atomic mass is 32.2. The number of hydrogen-bond acceptors (Lipinski definition) is 5. The van der Waals surface area contributed by atoms with Crippen molar-refractivity contribution < 1.29 is 27.5 Å². The zero-order valence-corrected chi connectivity index (χ0v) is 15.3. The normalized spacial score (nSPS) is 11.2. The Balaban J connectivity index is 0.000000828. The zero-order chi connectivity index (χ0) is 20.4. The van der Waals surface area contributed by atoms with Crippen molar-refractivity contribution in [2.75, 3.05) is 5.75 Å². The number of alkyl halides is 4. The van der Waals surface area contributed by atoms with Crippen molar-refractivity contribution in [2.24, 2.45) is 5.73 Å². The van der Waals surface area contributed by atoms with Crippen LogP contribution >= 0.6 is 11.8 Å². The van der Waals surface area contributed by atoms with Crippen LogP contribution in [0.15, 0.2) is 35.5 Å². The molecule has 2 rings (SSSR count). The van der Waals surface area contributed by atoms with Gasteiger partial charge in [0.15, 0.2) is 5.16 Å². The van der Waals surface area contributed by atoms with Crippen LogP contribution in [-0.4, -0.2) is 43.9 Å². The van der Waals surface area contributed by atoms with Crippen LogP contribution in [0, 0.1) is 0 Å². The summed E-state index contributed by atoms with van der Waals surface area (Å²) in [6.45, 7) is 1.67. The number of aliphatic carboxylic acids is 1. The van der Waals surface area contributed by atoms with Crippen LogP contribution in [0.2, 0.25) is 0 Å². The van der Waals surface area contributed by atoms with Gasteiger partial charge in [0.2, 0.25) is 0 Å². The van der Waals surface area contributed by atoms with E-state index in [1.165, 1.54) is 0 Å². The highest BCUT2D eigenvalue weighted by molar-refractivity contribution is 7.99. The highest BCUT2D eigenvalue weighted by Crippen LogP contribution is 2.30. The Morgan fingerprint density at radius 1 is 1.30 bits per heavy atom. The molecular formula is C16H20F4N4O2S. The highest BCUT2D eigenvalue weighted by Gasteiger charge is 2.40. The van der Waals surface area contributed by atoms with Gasteiger partial charge in [-0.25, -0.2) is 17.6 Å². The third-order valence-electron chi connectivity index (χ3n) is 3.15. The molecule has 0 radical (unpaired) electrons. The first-order chi connectivity index (χ1) is 12.7. The van der Waals surface area contributed by atoms with E-state index in [4.69, 9.17) is 15.6 Å². The number of carboxylic acids is 1. The average molecular weight is 408 g/mol. The summed E-state index contributed by atoms with van der Waals surface area (Å²) in [5.74, 6) is -4.50. The number of nitrogens with zero attached hydrogens (tertiary/aromatic N) is 3. The van der Waals surface area contributed by atoms with Gasteiger partial charge in [-0.3, -0.25) is 4.79 Å². The summed E-state index contributed by atoms with van der Waals surface area (Å²) >= 11 is 0.967. The Hall–Kier alpha value is -2.14. The van der Waals surface area contributed by atoms with Crippen LogP contribution in [0.1, 0.15) is 24.7 Å². The van der Waals surface area contributed by atoms with E-state index in [1.807, 2.05) is 30.3 Å². The number of benzene rings is 1. The van der Waals surface area contributed by atoms with E-state index in [-0.39, 0.29) is 12.3 Å². The largest absolute Gasteiger partial charge is 0.481 e. The Kier molecular flexibility index (Phi) is 9.22. The zero-order valence-electron chi connectivity index (χ0n) is 14.5. The lowest BCUT2D eigenvalue weighted by Crippen LogP contribution is -2.27. The molecule has 0 fully saturated rings. The van der Waals surface area contributed by atoms with E-state index >= 15 is 0 Å². The number of thioether (sulfide) groups is 1. The molecule has 0 aliphatic heterocycles. The van der Waals surface area contributed by atoms with Gasteiger partial charge < -0.3 is 15.4 Å². The minimum atomic E-state index is -3.99. The lowest BCUT2D eigenvalue weighted by Gasteiger charge is -2.14. The van der Waals surface area contributed by atoms with Crippen molar-refractivity contribution >= 4 is 17.7 Å². The maximum atomic E-state index is 12.9. The summed E-state index contributed by atoms with van der Waals surface area (Å²) in [5, 5.41) is 15.6. The Morgan fingerprint density at radius 2 is 1.89 bits per heavy atom. The van der Waals surface area contributed by atoms with Gasteiger partial charge >= 0.3 is 12.3 Å². The fourth-order valence-corrected chi connectivity index (χ4v) is 2.87. The molecule has 0 saturated heterocycles. The van der Waals surface area contributed by atoms with E-state index in [1.54, 1.807) is 4.57 Å². The molecule has 1 heterocycles. The van der Waals surface area contributed by atoms with Crippen LogP contribution in [0.4, 0.5) is 17.6 Å². The van der Waals surface area contributed by atoms with Gasteiger partial charge in [0.05, 0.1) is 13.1 Å². The Bertz CT molecular complexity index is 710. The number of carboxylic acid groups (broad SMARTS) is 1. The van der Waals surface area contributed by atoms with Crippen LogP contribution in [-0.2, 0) is 17.9 Å². The van der Waals surface area contributed by atoms with Crippen LogP contribution in [0.3, 0.4) is 0 Å². The van der Waals surface area contributed by atoms with Crippen LogP contribution in [0.25, 0.3) is 0 Å². The Morgan fingerprint density at radius 3 is 2.41 bits per heavy atom. The number of hydrogen-bond donors (Lipinski definition) is 2. The summed E-state index contributed by atoms with van der Waals surface area (Å²) in [5.41, 5.74) is 6.58. The van der Waals surface area contributed by atoms with Crippen LogP contribution < -0.4 is 5.73 Å². The molecule has 27 heavy (non-hydrogen) atoms. The second-order valence-corrected chi connectivity index (χ2v) is 6.42. The van der Waals surface area contributed by atoms with Crippen molar-refractivity contribution in [3.8, 4) is 0 Å². The van der Waals surface area contributed by atoms with Gasteiger partial charge in [0.1, 0.15) is 5.82 Å². The van der Waals surface area contributed by atoms with E-state index in [2.05, 4.69) is 10.2 Å². The predicted molar refractivity (Wildman–Crippen MR) is 93.1 cm³/mol. The van der Waals surface area contributed by atoms with Crippen molar-refractivity contribution in [3.63, 3.8) is 0 Å². The Labute approximate surface area is 157 Å². The molecule has 1 aromatic heterocycles. The summed E-state index contributed by atoms with van der Waals surface area (Å²) in [6.07, 6.45) is -4.59. The molecular weight excluding hydrogens is 388 g/mol. The maximum absolute atomic E-state index is 12.9. The number of nitrogens with two attached hydrogens (primary N) is 1. The summed E-state index contributed by atoms with van der Waals surface area (Å²) in [7, 11) is 0. The molecule has 0 amide bonds. The van der Waals surface area contributed by atoms with Gasteiger partial charge in [-0.15, -0.1) is 10.2 Å². The predicted octanol–water partition coefficient (Wildman–Crippen LogP) is 3.26. The fraction of sp³-hybridized carbons (Fsp3) is 0.438. The molecule has 11 heteroatoms. The monoisotopic (exact) mass is 408 g/mol. The molecule has 2 aromatic rings. The molecule has 0 spiro atoms. The summed E-state index contributed by atoms with van der Waals surface area (Å²) in [6, 6.07) is 9.43. The SMILES string of the molecule is CC(=O)O.NCc1nnc(SCCC(F)(F)C(F)F)n1Cc1ccccc1. The van der Waals surface area contributed by atoms with Gasteiger partial charge in [-0.1, -0.05) is 42.1 Å². The minimum absolute atomic E-state index is 0.146. The van der Waals surface area contributed by atoms with Gasteiger partial charge in [-0.05, 0) is 5.56 Å². The maximum Gasteiger partial charge on any atom is 0.308 e. The molecule has 0 bridgehead atoms. The first-order valence-electron chi connectivity index (χ1n) is 7.81. The number of rotatable bonds is 8. The number of carbonyl (C=O) groups is 1. The number of aromatic nitrogens is 3. The van der Waals surface area contributed by atoms with Crippen molar-refractivity contribution in [1.82, 2.24) is 14.8 Å². The van der Waals surface area contributed by atoms with E-state index < -0.39 is 24.7 Å². The number of halogens is 4. The smallest absolute Gasteiger partial charge is 0.308 e. The third kappa shape index (κ3) is 7.95. The molecule has 0 unspecified atom stereocenters. The lowest BCUT2D eigenvalue weighted by molar-refractivity contribution is -0.134. The van der Waals surface area contributed by atoms with Gasteiger partial charge in [0, 0.05) is 19.1 Å². The molecule has 0 aliphatic rings. The van der Waals surface area contributed by atoms with Crippen LogP contribution in [0.5, 0.6) is 0 Å². The third-order valence-corrected chi connectivity index (χ3v) is 4.11. The molecule has 0 aliphatic carbocycles. The molecule has 1 aromatic carbocycles. The molecule has 0 atom stereocenters. The molecule has 150 valence electrons. The van der Waals surface area contributed by atoms with Crippen molar-refractivity contribution in [3.05, 3.63) is 41.7 Å². The summed E-state index contributed by atoms with van der Waals surface area (Å²) in [4.78, 5) is 9.00. The average Bonchev–Trinajstić information content (AvgIpc) is 2.97. The first-order valence-corrected chi connectivity index (χ1v) is 8.80. The lowest BCUT2D eigenvalue weighted by atomic mass is 10.2. The fourth-order valence-electron chi connectivity index (χ4n) is 1.89.